The average molecular weight is 971 g/mol. The van der Waals surface area contributed by atoms with Crippen molar-refractivity contribution in [2.45, 2.75) is 37.5 Å². The maximum atomic E-state index is 8.56. The average Bonchev–Trinajstić information content (AvgIpc) is 3.92. The minimum Gasteiger partial charge on any atom is -0.501 e. The third kappa shape index (κ3) is 6.91. The van der Waals surface area contributed by atoms with Gasteiger partial charge in [0.2, 0.25) is 0 Å². The fraction of sp³-hybridized carbons (Fsp3) is 0.143. The van der Waals surface area contributed by atoms with E-state index in [2.05, 4.69) is 81.4 Å². The summed E-state index contributed by atoms with van der Waals surface area (Å²) < 4.78 is 33.2. The second-order valence-corrected chi connectivity index (χ2v) is 25.7. The van der Waals surface area contributed by atoms with E-state index in [1.54, 1.807) is 0 Å². The smallest absolute Gasteiger partial charge is 0.158 e. The van der Waals surface area contributed by atoms with Gasteiger partial charge in [-0.3, -0.25) is 4.98 Å². The van der Waals surface area contributed by atoms with E-state index in [1.165, 1.54) is 0 Å². The van der Waals surface area contributed by atoms with Gasteiger partial charge in [-0.15, -0.1) is 18.2 Å². The molecule has 0 fully saturated rings. The van der Waals surface area contributed by atoms with Crippen molar-refractivity contribution in [1.29, 1.82) is 0 Å². The summed E-state index contributed by atoms with van der Waals surface area (Å²) in [6.45, 7) is 3.88. The number of furan rings is 2. The maximum absolute atomic E-state index is 8.56. The molecule has 0 aliphatic carbocycles. The normalized spacial score (nSPS) is 12.5. The van der Waals surface area contributed by atoms with E-state index in [0.29, 0.717) is 0 Å². The molecule has 4 heterocycles. The molecule has 0 N–H and O–H groups in total. The fourth-order valence-electron chi connectivity index (χ4n) is 7.39. The van der Waals surface area contributed by atoms with Crippen molar-refractivity contribution in [3.63, 3.8) is 0 Å². The molecular formula is C49H41GeIrN3O2-2. The van der Waals surface area contributed by atoms with Crippen molar-refractivity contribution in [3.05, 3.63) is 157 Å². The Bertz CT molecular complexity index is 3090. The Morgan fingerprint density at radius 2 is 1.38 bits per heavy atom. The Hall–Kier alpha value is -5.27. The number of imidazole rings is 1. The van der Waals surface area contributed by atoms with Gasteiger partial charge in [-0.2, -0.15) is 0 Å². The molecule has 279 valence electrons. The SMILES string of the molecule is [2H]C([2H])(c1cc(-c2[c-]cccc2)nc[c]1[Ge]([CH3])([CH3])[CH3])C(C)C.[Ir].[c-]1ccc2c(oc3ccccc32)c1-c1nc2ccccc2n1-c1cccc2c1oc1ccccc12. The molecule has 10 aromatic rings. The van der Waals surface area contributed by atoms with Crippen LogP contribution >= 0.6 is 0 Å². The molecule has 0 saturated heterocycles. The molecule has 1 radical (unpaired) electrons. The predicted molar refractivity (Wildman–Crippen MR) is 230 cm³/mol. The van der Waals surface area contributed by atoms with Crippen LogP contribution in [0.5, 0.6) is 0 Å². The van der Waals surface area contributed by atoms with Crippen LogP contribution in [0.4, 0.5) is 0 Å². The van der Waals surface area contributed by atoms with E-state index in [0.717, 1.165) is 93.2 Å². The van der Waals surface area contributed by atoms with Crippen LogP contribution in [-0.2, 0) is 26.5 Å². The molecular weight excluding hydrogens is 927 g/mol. The molecule has 4 aromatic heterocycles. The van der Waals surface area contributed by atoms with Gasteiger partial charge in [0.05, 0.1) is 28.1 Å². The largest absolute Gasteiger partial charge is 0.501 e. The molecule has 0 bridgehead atoms. The maximum Gasteiger partial charge on any atom is 0.158 e. The summed E-state index contributed by atoms with van der Waals surface area (Å²) in [5.74, 6) is 7.54. The number of rotatable bonds is 6. The number of aromatic nitrogens is 3. The van der Waals surface area contributed by atoms with Gasteiger partial charge in [-0.25, -0.2) is 0 Å². The zero-order valence-electron chi connectivity index (χ0n) is 33.8. The second kappa shape index (κ2) is 15.3. The number of fused-ring (bicyclic) bond motifs is 7. The van der Waals surface area contributed by atoms with Gasteiger partial charge in [0.25, 0.3) is 0 Å². The van der Waals surface area contributed by atoms with Crippen LogP contribution in [0, 0.1) is 18.1 Å². The fourth-order valence-corrected chi connectivity index (χ4v) is 10.3. The summed E-state index contributed by atoms with van der Waals surface area (Å²) in [5, 5.41) is 4.31. The molecule has 0 atom stereocenters. The molecule has 0 aliphatic rings. The Labute approximate surface area is 345 Å². The first-order valence-corrected chi connectivity index (χ1v) is 26.0. The van der Waals surface area contributed by atoms with Crippen LogP contribution < -0.4 is 4.40 Å². The number of hydrogen-bond acceptors (Lipinski definition) is 4. The Balaban J connectivity index is 0.000000178. The van der Waals surface area contributed by atoms with Crippen LogP contribution in [0.3, 0.4) is 0 Å². The van der Waals surface area contributed by atoms with Gasteiger partial charge in [0, 0.05) is 36.3 Å². The van der Waals surface area contributed by atoms with Crippen LogP contribution in [0.25, 0.3) is 83.2 Å². The zero-order valence-corrected chi connectivity index (χ0v) is 36.3. The minimum atomic E-state index is -2.20. The molecule has 0 unspecified atom stereocenters. The van der Waals surface area contributed by atoms with E-state index in [-0.39, 0.29) is 26.0 Å². The van der Waals surface area contributed by atoms with Gasteiger partial charge in [0.15, 0.2) is 5.58 Å². The van der Waals surface area contributed by atoms with Crippen molar-refractivity contribution in [2.24, 2.45) is 5.92 Å². The summed E-state index contributed by atoms with van der Waals surface area (Å²) in [6, 6.07) is 51.0. The first-order chi connectivity index (χ1) is 27.5. The van der Waals surface area contributed by atoms with Crippen LogP contribution in [0.1, 0.15) is 22.2 Å². The first kappa shape index (κ1) is 35.2. The van der Waals surface area contributed by atoms with Crippen LogP contribution in [0.15, 0.2) is 148 Å². The van der Waals surface area contributed by atoms with E-state index in [4.69, 9.17) is 16.6 Å². The van der Waals surface area contributed by atoms with Gasteiger partial charge in [-0.1, -0.05) is 71.6 Å². The predicted octanol–water partition coefficient (Wildman–Crippen LogP) is 12.6. The molecule has 0 amide bonds. The molecule has 6 aromatic carbocycles. The molecule has 0 saturated carbocycles. The van der Waals surface area contributed by atoms with Gasteiger partial charge in [-0.05, 0) is 30.3 Å². The van der Waals surface area contributed by atoms with E-state index < -0.39 is 19.6 Å². The van der Waals surface area contributed by atoms with Crippen molar-refractivity contribution >= 4 is 72.6 Å². The first-order valence-electron chi connectivity index (χ1n) is 19.7. The summed E-state index contributed by atoms with van der Waals surface area (Å²) >= 11 is -2.20. The molecule has 56 heavy (non-hydrogen) atoms. The molecule has 0 aliphatic heterocycles. The van der Waals surface area contributed by atoms with Gasteiger partial charge < -0.3 is 13.4 Å². The van der Waals surface area contributed by atoms with E-state index >= 15 is 0 Å². The van der Waals surface area contributed by atoms with Gasteiger partial charge in [0.1, 0.15) is 11.2 Å². The molecule has 0 spiro atoms. The number of hydrogen-bond donors (Lipinski definition) is 0. The third-order valence-electron chi connectivity index (χ3n) is 9.89. The topological polar surface area (TPSA) is 57.0 Å². The van der Waals surface area contributed by atoms with Crippen molar-refractivity contribution < 1.29 is 31.7 Å². The Morgan fingerprint density at radius 1 is 0.714 bits per heavy atom. The monoisotopic (exact) mass is 972 g/mol. The van der Waals surface area contributed by atoms with Crippen molar-refractivity contribution in [2.75, 3.05) is 0 Å². The molecule has 5 nitrogen and oxygen atoms in total. The van der Waals surface area contributed by atoms with Gasteiger partial charge >= 0.3 is 128 Å². The number of nitrogens with zero attached hydrogens (tertiary/aromatic N) is 3. The molecule has 7 heteroatoms. The standard InChI is InChI=1S/C31H17N2O2.C18H24GeN.Ir/c1-5-17-27-19(9-1)21-11-7-13-23(29(21)34-27)31-32-24-14-3-4-15-25(24)33(31)26-16-8-12-22-20-10-2-6-18-28(20)35-30(22)26;1-14(2)11-16-12-18(15-9-7-6-8-10-15)20-13-17(16)19(3,4)5;/h1-12,14-18H;6-9,12-14H,11H2,1-5H3;/q2*-1;/i;11D2;. The van der Waals surface area contributed by atoms with E-state index in [1.807, 2.05) is 111 Å². The summed E-state index contributed by atoms with van der Waals surface area (Å²) in [6.07, 6.45) is 0.562. The summed E-state index contributed by atoms with van der Waals surface area (Å²) in [5.41, 5.74) is 9.51. The summed E-state index contributed by atoms with van der Waals surface area (Å²) in [4.78, 5) is 9.67. The summed E-state index contributed by atoms with van der Waals surface area (Å²) in [7, 11) is 0. The molecule has 10 rings (SSSR count). The second-order valence-electron chi connectivity index (χ2n) is 15.1. The number of benzene rings is 6. The van der Waals surface area contributed by atoms with Crippen molar-refractivity contribution in [3.8, 4) is 28.3 Å². The van der Waals surface area contributed by atoms with Crippen LogP contribution in [0.2, 0.25) is 17.3 Å². The number of para-hydroxylation sites is 5. The zero-order chi connectivity index (χ0) is 39.5. The minimum absolute atomic E-state index is 0. The number of pyridine rings is 1. The Morgan fingerprint density at radius 3 is 2.09 bits per heavy atom. The van der Waals surface area contributed by atoms with E-state index in [9.17, 15) is 0 Å². The third-order valence-corrected chi connectivity index (χ3v) is 14.1. The van der Waals surface area contributed by atoms with Crippen LogP contribution in [-0.4, -0.2) is 27.8 Å². The van der Waals surface area contributed by atoms with Crippen molar-refractivity contribution in [1.82, 2.24) is 14.5 Å². The Kier molecular flexibility index (Phi) is 9.64. The quantitative estimate of drug-likeness (QED) is 0.123.